The number of hydrazone groups is 1. The Morgan fingerprint density at radius 2 is 1.19 bits per heavy atom. The number of ether oxygens (including phenoxy) is 1. The standard InChI is InChI=1S/C37H31N5O/c1-27-39-42(26-41(27)31-19-10-5-11-20-31)32-21-13-23-34(25-32)43-33-22-12-18-30(24-33)37-38-35(28-14-6-3-7-15-28)36(40(37)2)29-16-8-4-9-17-29/h3-25H,26H2,1-2H3. The van der Waals surface area contributed by atoms with Crippen LogP contribution in [0.25, 0.3) is 33.9 Å². The fraction of sp³-hybridized carbons (Fsp3) is 0.0811. The molecule has 1 aromatic heterocycles. The third-order valence-electron chi connectivity index (χ3n) is 7.63. The van der Waals surface area contributed by atoms with Crippen LogP contribution in [-0.2, 0) is 7.05 Å². The zero-order valence-corrected chi connectivity index (χ0v) is 24.1. The maximum absolute atomic E-state index is 6.40. The van der Waals surface area contributed by atoms with Crippen molar-refractivity contribution in [2.75, 3.05) is 16.6 Å². The molecule has 0 unspecified atom stereocenters. The molecular weight excluding hydrogens is 530 g/mol. The Bertz CT molecular complexity index is 1900. The van der Waals surface area contributed by atoms with E-state index in [4.69, 9.17) is 14.8 Å². The van der Waals surface area contributed by atoms with Gasteiger partial charge in [0.2, 0.25) is 0 Å². The van der Waals surface area contributed by atoms with Crippen LogP contribution in [0.2, 0.25) is 0 Å². The molecule has 6 heteroatoms. The minimum Gasteiger partial charge on any atom is -0.457 e. The van der Waals surface area contributed by atoms with Crippen molar-refractivity contribution < 1.29 is 4.74 Å². The van der Waals surface area contributed by atoms with Crippen molar-refractivity contribution in [3.8, 4) is 45.4 Å². The smallest absolute Gasteiger partial charge is 0.141 e. The Hall–Kier alpha value is -5.62. The van der Waals surface area contributed by atoms with Crippen LogP contribution in [0.15, 0.2) is 145 Å². The van der Waals surface area contributed by atoms with Crippen molar-refractivity contribution in [1.29, 1.82) is 0 Å². The quantitative estimate of drug-likeness (QED) is 0.195. The van der Waals surface area contributed by atoms with Crippen molar-refractivity contribution in [3.63, 3.8) is 0 Å². The lowest BCUT2D eigenvalue weighted by Crippen LogP contribution is -2.29. The molecule has 5 aromatic carbocycles. The molecule has 0 fully saturated rings. The SMILES string of the molecule is CC1=NN(c2cccc(Oc3cccc(-c4nc(-c5ccccc5)c(-c5ccccc5)n4C)c3)c2)CN1c1ccccc1. The molecular formula is C37H31N5O. The van der Waals surface area contributed by atoms with Gasteiger partial charge in [0, 0.05) is 35.5 Å². The summed E-state index contributed by atoms with van der Waals surface area (Å²) in [4.78, 5) is 7.35. The summed E-state index contributed by atoms with van der Waals surface area (Å²) in [5.41, 5.74) is 7.30. The summed E-state index contributed by atoms with van der Waals surface area (Å²) in [5, 5.41) is 6.79. The van der Waals surface area contributed by atoms with Crippen LogP contribution in [0, 0.1) is 0 Å². The van der Waals surface area contributed by atoms with Gasteiger partial charge in [0.25, 0.3) is 0 Å². The van der Waals surface area contributed by atoms with Gasteiger partial charge >= 0.3 is 0 Å². The van der Waals surface area contributed by atoms with Crippen LogP contribution in [0.5, 0.6) is 11.5 Å². The average molecular weight is 562 g/mol. The molecule has 0 saturated heterocycles. The number of aromatic nitrogens is 2. The zero-order chi connectivity index (χ0) is 29.2. The van der Waals surface area contributed by atoms with Crippen LogP contribution in [0.1, 0.15) is 6.92 Å². The predicted molar refractivity (Wildman–Crippen MR) is 175 cm³/mol. The Morgan fingerprint density at radius 1 is 0.605 bits per heavy atom. The van der Waals surface area contributed by atoms with E-state index in [-0.39, 0.29) is 0 Å². The lowest BCUT2D eigenvalue weighted by atomic mass is 10.1. The Morgan fingerprint density at radius 3 is 1.91 bits per heavy atom. The molecule has 0 bridgehead atoms. The molecule has 43 heavy (non-hydrogen) atoms. The lowest BCUT2D eigenvalue weighted by molar-refractivity contribution is 0.483. The van der Waals surface area contributed by atoms with Crippen molar-refractivity contribution in [3.05, 3.63) is 140 Å². The molecule has 0 spiro atoms. The molecule has 0 amide bonds. The minimum absolute atomic E-state index is 0.640. The van der Waals surface area contributed by atoms with Gasteiger partial charge in [0.15, 0.2) is 0 Å². The van der Waals surface area contributed by atoms with E-state index in [1.807, 2.05) is 78.7 Å². The van der Waals surface area contributed by atoms with Gasteiger partial charge in [0.05, 0.1) is 17.1 Å². The fourth-order valence-corrected chi connectivity index (χ4v) is 5.54. The first-order valence-corrected chi connectivity index (χ1v) is 14.4. The number of rotatable bonds is 7. The molecule has 0 atom stereocenters. The van der Waals surface area contributed by atoms with E-state index >= 15 is 0 Å². The normalized spacial score (nSPS) is 12.8. The molecule has 0 N–H and O–H groups in total. The molecule has 7 rings (SSSR count). The second-order valence-electron chi connectivity index (χ2n) is 10.5. The summed E-state index contributed by atoms with van der Waals surface area (Å²) < 4.78 is 8.57. The molecule has 2 heterocycles. The molecule has 6 aromatic rings. The van der Waals surface area contributed by atoms with Gasteiger partial charge in [-0.3, -0.25) is 0 Å². The lowest BCUT2D eigenvalue weighted by Gasteiger charge is -2.20. The average Bonchev–Trinajstić information content (AvgIpc) is 3.62. The maximum atomic E-state index is 6.40. The summed E-state index contributed by atoms with van der Waals surface area (Å²) in [7, 11) is 2.07. The van der Waals surface area contributed by atoms with Crippen molar-refractivity contribution >= 4 is 17.2 Å². The van der Waals surface area contributed by atoms with Crippen molar-refractivity contribution in [2.45, 2.75) is 6.92 Å². The fourth-order valence-electron chi connectivity index (χ4n) is 5.54. The second-order valence-corrected chi connectivity index (χ2v) is 10.5. The number of benzene rings is 5. The third kappa shape index (κ3) is 5.26. The van der Waals surface area contributed by atoms with Gasteiger partial charge < -0.3 is 14.2 Å². The highest BCUT2D eigenvalue weighted by atomic mass is 16.5. The number of nitrogens with zero attached hydrogens (tertiary/aromatic N) is 5. The van der Waals surface area contributed by atoms with E-state index in [1.165, 1.54) is 0 Å². The van der Waals surface area contributed by atoms with E-state index < -0.39 is 0 Å². The largest absolute Gasteiger partial charge is 0.457 e. The first-order chi connectivity index (χ1) is 21.1. The summed E-state index contributed by atoms with van der Waals surface area (Å²) >= 11 is 0. The third-order valence-corrected chi connectivity index (χ3v) is 7.63. The summed E-state index contributed by atoms with van der Waals surface area (Å²) in [6.45, 7) is 2.67. The van der Waals surface area contributed by atoms with E-state index in [9.17, 15) is 0 Å². The van der Waals surface area contributed by atoms with Crippen LogP contribution < -0.4 is 14.6 Å². The van der Waals surface area contributed by atoms with Crippen molar-refractivity contribution in [1.82, 2.24) is 9.55 Å². The number of para-hydroxylation sites is 1. The Labute approximate surface area is 251 Å². The van der Waals surface area contributed by atoms with Gasteiger partial charge in [-0.1, -0.05) is 97.1 Å². The van der Waals surface area contributed by atoms with Gasteiger partial charge in [-0.15, -0.1) is 0 Å². The highest BCUT2D eigenvalue weighted by molar-refractivity contribution is 5.98. The summed E-state index contributed by atoms with van der Waals surface area (Å²) in [5.74, 6) is 3.31. The molecule has 1 aliphatic heterocycles. The number of imidazole rings is 1. The van der Waals surface area contributed by atoms with Crippen LogP contribution in [0.4, 0.5) is 11.4 Å². The molecule has 1 aliphatic rings. The molecule has 0 radical (unpaired) electrons. The van der Waals surface area contributed by atoms with Gasteiger partial charge in [0.1, 0.15) is 29.8 Å². The number of anilines is 2. The minimum atomic E-state index is 0.640. The van der Waals surface area contributed by atoms with Crippen LogP contribution >= 0.6 is 0 Å². The predicted octanol–water partition coefficient (Wildman–Crippen LogP) is 8.83. The first kappa shape index (κ1) is 26.3. The molecule has 210 valence electrons. The Balaban J connectivity index is 1.18. The first-order valence-electron chi connectivity index (χ1n) is 14.4. The monoisotopic (exact) mass is 561 g/mol. The molecule has 0 aliphatic carbocycles. The van der Waals surface area contributed by atoms with E-state index in [2.05, 4.69) is 89.3 Å². The number of amidine groups is 1. The maximum Gasteiger partial charge on any atom is 0.141 e. The number of hydrogen-bond acceptors (Lipinski definition) is 5. The molecule has 0 saturated carbocycles. The second kappa shape index (κ2) is 11.3. The van der Waals surface area contributed by atoms with Gasteiger partial charge in [-0.25, -0.2) is 9.99 Å². The topological polar surface area (TPSA) is 45.9 Å². The van der Waals surface area contributed by atoms with E-state index in [1.54, 1.807) is 0 Å². The zero-order valence-electron chi connectivity index (χ0n) is 24.1. The van der Waals surface area contributed by atoms with Crippen LogP contribution in [0.3, 0.4) is 0 Å². The van der Waals surface area contributed by atoms with Gasteiger partial charge in [-0.05, 0) is 43.3 Å². The summed E-state index contributed by atoms with van der Waals surface area (Å²) in [6, 6.07) is 47.3. The highest BCUT2D eigenvalue weighted by Crippen LogP contribution is 2.37. The van der Waals surface area contributed by atoms with Crippen LogP contribution in [-0.4, -0.2) is 22.1 Å². The van der Waals surface area contributed by atoms with Crippen molar-refractivity contribution in [2.24, 2.45) is 12.1 Å². The summed E-state index contributed by atoms with van der Waals surface area (Å²) in [6.07, 6.45) is 0. The molecule has 6 nitrogen and oxygen atoms in total. The van der Waals surface area contributed by atoms with E-state index in [0.29, 0.717) is 6.67 Å². The highest BCUT2D eigenvalue weighted by Gasteiger charge is 2.23. The Kier molecular flexibility index (Phi) is 6.93. The van der Waals surface area contributed by atoms with Gasteiger partial charge in [-0.2, -0.15) is 5.10 Å². The van der Waals surface area contributed by atoms with E-state index in [0.717, 1.165) is 62.6 Å². The number of hydrogen-bond donors (Lipinski definition) is 0.